The van der Waals surface area contributed by atoms with Crippen LogP contribution in [0.5, 0.6) is 0 Å². The van der Waals surface area contributed by atoms with Gasteiger partial charge in [0.25, 0.3) is 0 Å². The molecule has 1 aliphatic heterocycles. The molecule has 2 N–H and O–H groups in total. The van der Waals surface area contributed by atoms with Crippen LogP contribution < -0.4 is 5.32 Å². The third kappa shape index (κ3) is 2.47. The van der Waals surface area contributed by atoms with Crippen molar-refractivity contribution in [2.45, 2.75) is 74.9 Å². The van der Waals surface area contributed by atoms with Crippen molar-refractivity contribution in [2.75, 3.05) is 18.4 Å². The molecule has 10 rings (SSSR count). The average molecular weight is 524 g/mol. The Morgan fingerprint density at radius 3 is 2.45 bits per heavy atom. The van der Waals surface area contributed by atoms with Crippen LogP contribution in [0.25, 0.3) is 0 Å². The second-order valence-corrected chi connectivity index (χ2v) is 12.8. The van der Waals surface area contributed by atoms with Gasteiger partial charge in [0.15, 0.2) is 5.69 Å². The summed E-state index contributed by atoms with van der Waals surface area (Å²) in [6.07, 6.45) is 5.33. The highest BCUT2D eigenvalue weighted by Gasteiger charge is 2.94. The first-order valence-corrected chi connectivity index (χ1v) is 13.9. The number of halogens is 3. The Bertz CT molecular complexity index is 1420. The summed E-state index contributed by atoms with van der Waals surface area (Å²) in [4.78, 5) is 27.4. The number of rotatable bonds is 5. The third-order valence-corrected chi connectivity index (χ3v) is 11.2. The van der Waals surface area contributed by atoms with Crippen molar-refractivity contribution >= 4 is 11.7 Å². The van der Waals surface area contributed by atoms with Gasteiger partial charge in [-0.25, -0.2) is 9.97 Å². The number of carbonyl (C=O) groups is 1. The van der Waals surface area contributed by atoms with Crippen LogP contribution in [0.2, 0.25) is 0 Å². The first-order chi connectivity index (χ1) is 18.3. The lowest BCUT2D eigenvalue weighted by Crippen LogP contribution is -2.53. The van der Waals surface area contributed by atoms with Crippen LogP contribution in [-0.2, 0) is 11.0 Å². The number of aromatic amines is 1. The van der Waals surface area contributed by atoms with E-state index in [1.54, 1.807) is 0 Å². The van der Waals surface area contributed by atoms with Gasteiger partial charge in [0.1, 0.15) is 17.5 Å². The largest absolute Gasteiger partial charge is 0.434 e. The van der Waals surface area contributed by atoms with Crippen molar-refractivity contribution in [3.63, 3.8) is 0 Å². The monoisotopic (exact) mass is 523 g/mol. The maximum Gasteiger partial charge on any atom is 0.434 e. The molecule has 2 aromatic rings. The lowest BCUT2D eigenvalue weighted by molar-refractivity contribution is -0.144. The quantitative estimate of drug-likeness (QED) is 0.571. The molecule has 7 aliphatic carbocycles. The summed E-state index contributed by atoms with van der Waals surface area (Å²) in [7, 11) is 0. The fourth-order valence-corrected chi connectivity index (χ4v) is 9.57. The van der Waals surface area contributed by atoms with Crippen LogP contribution in [0.3, 0.4) is 0 Å². The van der Waals surface area contributed by atoms with E-state index in [2.05, 4.69) is 35.4 Å². The van der Waals surface area contributed by atoms with Crippen LogP contribution in [0, 0.1) is 22.7 Å². The van der Waals surface area contributed by atoms with Crippen molar-refractivity contribution in [1.82, 2.24) is 30.0 Å². The highest BCUT2D eigenvalue weighted by molar-refractivity contribution is 5.91. The van der Waals surface area contributed by atoms with Gasteiger partial charge in [-0.15, -0.1) is 10.2 Å². The lowest BCUT2D eigenvalue weighted by Gasteiger charge is -2.50. The Morgan fingerprint density at radius 1 is 1.05 bits per heavy atom. The summed E-state index contributed by atoms with van der Waals surface area (Å²) >= 11 is 0. The van der Waals surface area contributed by atoms with Gasteiger partial charge in [-0.1, -0.05) is 11.1 Å². The van der Waals surface area contributed by atoms with Gasteiger partial charge in [-0.05, 0) is 57.3 Å². The number of carbonyl (C=O) groups excluding carboxylic acids is 1. The Labute approximate surface area is 216 Å². The lowest BCUT2D eigenvalue weighted by atomic mass is 9.56. The Balaban J connectivity index is 0.929. The summed E-state index contributed by atoms with van der Waals surface area (Å²) in [5.41, 5.74) is 1.32. The third-order valence-electron chi connectivity index (χ3n) is 11.2. The first kappa shape index (κ1) is 21.9. The van der Waals surface area contributed by atoms with Crippen molar-refractivity contribution in [3.05, 3.63) is 40.9 Å². The molecule has 1 amide bonds. The molecule has 8 aliphatic rings. The zero-order valence-electron chi connectivity index (χ0n) is 20.8. The van der Waals surface area contributed by atoms with Gasteiger partial charge in [-0.3, -0.25) is 4.79 Å². The molecule has 2 aromatic heterocycles. The number of piperidine rings is 1. The smallest absolute Gasteiger partial charge is 0.362 e. The Morgan fingerprint density at radius 2 is 1.79 bits per heavy atom. The van der Waals surface area contributed by atoms with Gasteiger partial charge < -0.3 is 15.2 Å². The second-order valence-electron chi connectivity index (χ2n) is 12.8. The molecular formula is C27H28F3N7O. The first-order valence-electron chi connectivity index (χ1n) is 13.9. The maximum absolute atomic E-state index is 14.1. The number of hydrogen-bond donors (Lipinski definition) is 2. The molecule has 5 bridgehead atoms. The number of H-pyrrole nitrogens is 1. The average Bonchev–Trinajstić information content (AvgIpc) is 3.69. The highest BCUT2D eigenvalue weighted by atomic mass is 19.4. The van der Waals surface area contributed by atoms with Gasteiger partial charge in [-0.2, -0.15) is 13.2 Å². The molecule has 0 radical (unpaired) electrons. The number of nitrogens with zero attached hydrogens (tertiary/aromatic N) is 5. The van der Waals surface area contributed by atoms with E-state index >= 15 is 0 Å². The number of aromatic nitrogens is 5. The molecule has 3 heterocycles. The molecule has 11 heteroatoms. The summed E-state index contributed by atoms with van der Waals surface area (Å²) in [6, 6.07) is 0. The molecule has 1 spiro atoms. The van der Waals surface area contributed by atoms with E-state index in [-0.39, 0.29) is 16.4 Å². The molecule has 6 fully saturated rings. The molecule has 0 aromatic carbocycles. The van der Waals surface area contributed by atoms with E-state index in [9.17, 15) is 18.0 Å². The molecule has 5 atom stereocenters. The molecule has 38 heavy (non-hydrogen) atoms. The predicted octanol–water partition coefficient (Wildman–Crippen LogP) is 4.18. The molecule has 1 saturated heterocycles. The van der Waals surface area contributed by atoms with Crippen molar-refractivity contribution < 1.29 is 18.0 Å². The Kier molecular flexibility index (Phi) is 3.80. The zero-order chi connectivity index (χ0) is 25.7. The highest BCUT2D eigenvalue weighted by Crippen LogP contribution is 2.94. The van der Waals surface area contributed by atoms with Crippen molar-refractivity contribution in [2.24, 2.45) is 22.7 Å². The topological polar surface area (TPSA) is 99.7 Å². The second kappa shape index (κ2) is 6.59. The van der Waals surface area contributed by atoms with E-state index in [1.807, 2.05) is 0 Å². The van der Waals surface area contributed by atoms with Crippen LogP contribution in [0.15, 0.2) is 23.5 Å². The van der Waals surface area contributed by atoms with E-state index in [0.29, 0.717) is 35.4 Å². The molecule has 8 nitrogen and oxygen atoms in total. The Hall–Kier alpha value is -2.98. The van der Waals surface area contributed by atoms with Crippen LogP contribution in [0.4, 0.5) is 19.0 Å². The van der Waals surface area contributed by atoms with E-state index in [4.69, 9.17) is 0 Å². The van der Waals surface area contributed by atoms with E-state index in [1.165, 1.54) is 30.2 Å². The zero-order valence-corrected chi connectivity index (χ0v) is 20.8. The van der Waals surface area contributed by atoms with Crippen LogP contribution in [0.1, 0.15) is 80.5 Å². The standard InChI is InChI=1S/C27H28F3N7O/c28-27(29,30)18-10-32-19(11-31-18)34-26-15-7-17-16-9-25(26,20(16)26)12-24(17,8-15)23(38)37-5-3-14(4-6-37)22-33-21(35-36-22)13-1-2-13/h10-11,13-15,20H,1-9,12H2,(H,32,34)(H,33,35,36). The normalized spacial score (nSPS) is 38.4. The molecular weight excluding hydrogens is 495 g/mol. The minimum Gasteiger partial charge on any atom is -0.362 e. The fraction of sp³-hybridized carbons (Fsp3) is 0.667. The number of likely N-dealkylation sites (tertiary alicyclic amines) is 1. The maximum atomic E-state index is 14.1. The van der Waals surface area contributed by atoms with Gasteiger partial charge in [0, 0.05) is 36.3 Å². The van der Waals surface area contributed by atoms with Crippen LogP contribution >= 0.6 is 0 Å². The minimum atomic E-state index is -4.50. The van der Waals surface area contributed by atoms with Gasteiger partial charge >= 0.3 is 6.18 Å². The SMILES string of the molecule is O=C(N1CCC(c2nnc(C3CC3)[nH]2)CC1)C12CC3CC1=C1CC4(C2)C1C34Nc1cnc(C(F)(F)F)cn1. The van der Waals surface area contributed by atoms with E-state index in [0.717, 1.165) is 69.5 Å². The number of amides is 1. The molecule has 5 unspecified atom stereocenters. The summed E-state index contributed by atoms with van der Waals surface area (Å²) in [6.45, 7) is 1.50. The van der Waals surface area contributed by atoms with Gasteiger partial charge in [0.05, 0.1) is 23.3 Å². The number of anilines is 1. The summed E-state index contributed by atoms with van der Waals surface area (Å²) in [5.74, 6) is 4.29. The summed E-state index contributed by atoms with van der Waals surface area (Å²) in [5, 5.41) is 12.3. The van der Waals surface area contributed by atoms with Crippen molar-refractivity contribution in [3.8, 4) is 0 Å². The predicted molar refractivity (Wildman–Crippen MR) is 128 cm³/mol. The molecule has 198 valence electrons. The molecule has 5 saturated carbocycles. The fourth-order valence-electron chi connectivity index (χ4n) is 9.57. The van der Waals surface area contributed by atoms with Crippen molar-refractivity contribution in [1.29, 1.82) is 0 Å². The summed E-state index contributed by atoms with van der Waals surface area (Å²) < 4.78 is 38.9. The number of nitrogens with one attached hydrogen (secondary N) is 2. The van der Waals surface area contributed by atoms with Crippen LogP contribution in [-0.4, -0.2) is 54.6 Å². The van der Waals surface area contributed by atoms with Gasteiger partial charge in [0.2, 0.25) is 5.91 Å². The van der Waals surface area contributed by atoms with E-state index < -0.39 is 11.9 Å². The number of hydrogen-bond acceptors (Lipinski definition) is 6. The minimum absolute atomic E-state index is 0.0304. The number of alkyl halides is 3.